The molecule has 4 heteroatoms. The number of carboxylic acid groups (broad SMARTS) is 1. The van der Waals surface area contributed by atoms with E-state index in [4.69, 9.17) is 5.11 Å². The summed E-state index contributed by atoms with van der Waals surface area (Å²) in [4.78, 5) is 22.3. The molecule has 0 bridgehead atoms. The monoisotopic (exact) mass is 310 g/mol. The van der Waals surface area contributed by atoms with Crippen LogP contribution in [0.3, 0.4) is 0 Å². The molecule has 0 radical (unpaired) electrons. The Morgan fingerprint density at radius 1 is 1.23 bits per heavy atom. The highest BCUT2D eigenvalue weighted by molar-refractivity contribution is 5.95. The van der Waals surface area contributed by atoms with Crippen LogP contribution in [0.5, 0.6) is 0 Å². The zero-order chi connectivity index (χ0) is 16.9. The average molecular weight is 310 g/mol. The SMILES string of the molecule is CC[C@@H](C)[C@@H]1C=C([C@H](O)CC(=O)CC(=O)O)[C@H]([C@H](C)CC)C1. The summed E-state index contributed by atoms with van der Waals surface area (Å²) in [7, 11) is 0. The number of aliphatic carboxylic acids is 1. The van der Waals surface area contributed by atoms with Crippen molar-refractivity contribution in [3.05, 3.63) is 11.6 Å². The number of Topliss-reactive ketones (excluding diaryl/α,β-unsaturated/α-hetero) is 1. The van der Waals surface area contributed by atoms with E-state index in [0.29, 0.717) is 23.7 Å². The van der Waals surface area contributed by atoms with Gasteiger partial charge in [0.2, 0.25) is 0 Å². The van der Waals surface area contributed by atoms with Gasteiger partial charge in [0.15, 0.2) is 0 Å². The summed E-state index contributed by atoms with van der Waals surface area (Å²) in [5.74, 6) is 0.236. The molecule has 5 atom stereocenters. The Hall–Kier alpha value is -1.16. The van der Waals surface area contributed by atoms with Gasteiger partial charge in [-0.2, -0.15) is 0 Å². The van der Waals surface area contributed by atoms with Crippen molar-refractivity contribution < 1.29 is 19.8 Å². The van der Waals surface area contributed by atoms with Gasteiger partial charge in [-0.3, -0.25) is 9.59 Å². The Morgan fingerprint density at radius 3 is 2.32 bits per heavy atom. The van der Waals surface area contributed by atoms with Gasteiger partial charge in [0.05, 0.1) is 6.10 Å². The highest BCUT2D eigenvalue weighted by Crippen LogP contribution is 2.42. The lowest BCUT2D eigenvalue weighted by molar-refractivity contribution is -0.140. The number of ketones is 1. The molecule has 0 heterocycles. The molecule has 22 heavy (non-hydrogen) atoms. The minimum Gasteiger partial charge on any atom is -0.481 e. The highest BCUT2D eigenvalue weighted by Gasteiger charge is 2.35. The van der Waals surface area contributed by atoms with Gasteiger partial charge < -0.3 is 10.2 Å². The molecule has 1 aliphatic rings. The first kappa shape index (κ1) is 18.9. The Bertz CT molecular complexity index is 427. The van der Waals surface area contributed by atoms with Crippen LogP contribution in [0.4, 0.5) is 0 Å². The topological polar surface area (TPSA) is 74.6 Å². The van der Waals surface area contributed by atoms with Crippen LogP contribution in [0.2, 0.25) is 0 Å². The molecule has 0 fully saturated rings. The van der Waals surface area contributed by atoms with Crippen LogP contribution in [-0.4, -0.2) is 28.1 Å². The molecule has 1 rings (SSSR count). The molecule has 0 unspecified atom stereocenters. The van der Waals surface area contributed by atoms with Crippen molar-refractivity contribution in [1.82, 2.24) is 0 Å². The lowest BCUT2D eigenvalue weighted by Crippen LogP contribution is -2.24. The van der Waals surface area contributed by atoms with Crippen LogP contribution < -0.4 is 0 Å². The van der Waals surface area contributed by atoms with Gasteiger partial charge in [-0.1, -0.05) is 46.6 Å². The smallest absolute Gasteiger partial charge is 0.310 e. The number of allylic oxidation sites excluding steroid dienone is 1. The highest BCUT2D eigenvalue weighted by atomic mass is 16.4. The number of carbonyl (C=O) groups excluding carboxylic acids is 1. The van der Waals surface area contributed by atoms with Crippen LogP contribution in [0, 0.1) is 23.7 Å². The quantitative estimate of drug-likeness (QED) is 0.505. The second-order valence-corrected chi connectivity index (χ2v) is 6.77. The molecule has 0 spiro atoms. The fraction of sp³-hybridized carbons (Fsp3) is 0.778. The molecule has 1 aliphatic carbocycles. The summed E-state index contributed by atoms with van der Waals surface area (Å²) in [6.45, 7) is 8.71. The summed E-state index contributed by atoms with van der Waals surface area (Å²) in [6.07, 6.45) is 3.89. The molecule has 0 aromatic heterocycles. The van der Waals surface area contributed by atoms with Gasteiger partial charge in [-0.15, -0.1) is 0 Å². The fourth-order valence-electron chi connectivity index (χ4n) is 3.35. The van der Waals surface area contributed by atoms with E-state index in [1.165, 1.54) is 0 Å². The average Bonchev–Trinajstić information content (AvgIpc) is 2.89. The van der Waals surface area contributed by atoms with E-state index in [9.17, 15) is 14.7 Å². The van der Waals surface area contributed by atoms with Crippen LogP contribution in [0.1, 0.15) is 59.8 Å². The third-order valence-corrected chi connectivity index (χ3v) is 5.22. The normalized spacial score (nSPS) is 25.4. The first-order valence-corrected chi connectivity index (χ1v) is 8.43. The van der Waals surface area contributed by atoms with Crippen LogP contribution in [0.25, 0.3) is 0 Å². The number of carboxylic acids is 1. The predicted octanol–water partition coefficient (Wildman–Crippen LogP) is 3.44. The lowest BCUT2D eigenvalue weighted by atomic mass is 9.81. The number of hydrogen-bond acceptors (Lipinski definition) is 3. The van der Waals surface area contributed by atoms with Crippen LogP contribution >= 0.6 is 0 Å². The van der Waals surface area contributed by atoms with E-state index in [1.54, 1.807) is 0 Å². The minimum absolute atomic E-state index is 0.0850. The number of rotatable bonds is 9. The first-order chi connectivity index (χ1) is 10.3. The molecule has 4 nitrogen and oxygen atoms in total. The van der Waals surface area contributed by atoms with E-state index >= 15 is 0 Å². The molecule has 2 N–H and O–H groups in total. The van der Waals surface area contributed by atoms with E-state index in [1.807, 2.05) is 0 Å². The van der Waals surface area contributed by atoms with Gasteiger partial charge in [0.25, 0.3) is 0 Å². The number of carbonyl (C=O) groups is 2. The summed E-state index contributed by atoms with van der Waals surface area (Å²) >= 11 is 0. The van der Waals surface area contributed by atoms with Crippen molar-refractivity contribution >= 4 is 11.8 Å². The maximum Gasteiger partial charge on any atom is 0.310 e. The van der Waals surface area contributed by atoms with Crippen molar-refractivity contribution in [1.29, 1.82) is 0 Å². The van der Waals surface area contributed by atoms with Crippen LogP contribution in [-0.2, 0) is 9.59 Å². The Kier molecular flexibility index (Phi) is 7.27. The number of hydrogen-bond donors (Lipinski definition) is 2. The van der Waals surface area contributed by atoms with Crippen molar-refractivity contribution in [2.24, 2.45) is 23.7 Å². The summed E-state index contributed by atoms with van der Waals surface area (Å²) in [5.41, 5.74) is 0.957. The third-order valence-electron chi connectivity index (χ3n) is 5.22. The molecular weight excluding hydrogens is 280 g/mol. The summed E-state index contributed by atoms with van der Waals surface area (Å²) in [6, 6.07) is 0. The molecule has 0 saturated heterocycles. The third kappa shape index (κ3) is 4.94. The molecule has 0 aromatic rings. The second-order valence-electron chi connectivity index (χ2n) is 6.77. The number of aliphatic hydroxyl groups excluding tert-OH is 1. The fourth-order valence-corrected chi connectivity index (χ4v) is 3.35. The van der Waals surface area contributed by atoms with Crippen molar-refractivity contribution in [3.63, 3.8) is 0 Å². The van der Waals surface area contributed by atoms with Gasteiger partial charge in [0, 0.05) is 6.42 Å². The summed E-state index contributed by atoms with van der Waals surface area (Å²) in [5, 5.41) is 19.1. The van der Waals surface area contributed by atoms with Gasteiger partial charge in [-0.05, 0) is 35.7 Å². The maximum absolute atomic E-state index is 11.7. The van der Waals surface area contributed by atoms with E-state index < -0.39 is 24.3 Å². The van der Waals surface area contributed by atoms with E-state index in [2.05, 4.69) is 33.8 Å². The molecule has 0 amide bonds. The zero-order valence-electron chi connectivity index (χ0n) is 14.2. The Balaban J connectivity index is 2.84. The maximum atomic E-state index is 11.7. The van der Waals surface area contributed by atoms with Gasteiger partial charge >= 0.3 is 5.97 Å². The summed E-state index contributed by atoms with van der Waals surface area (Å²) < 4.78 is 0. The molecule has 0 aromatic carbocycles. The molecule has 126 valence electrons. The Labute approximate surface area is 133 Å². The van der Waals surface area contributed by atoms with Crippen molar-refractivity contribution in [2.75, 3.05) is 0 Å². The van der Waals surface area contributed by atoms with Crippen molar-refractivity contribution in [3.8, 4) is 0 Å². The zero-order valence-corrected chi connectivity index (χ0v) is 14.2. The van der Waals surface area contributed by atoms with E-state index in [-0.39, 0.29) is 6.42 Å². The lowest BCUT2D eigenvalue weighted by Gasteiger charge is -2.25. The largest absolute Gasteiger partial charge is 0.481 e. The first-order valence-electron chi connectivity index (χ1n) is 8.43. The molecule has 0 aliphatic heterocycles. The molecular formula is C18H30O4. The standard InChI is InChI=1S/C18H30O4/c1-5-11(3)13-7-15(12(4)6-2)16(8-13)17(20)9-14(19)10-18(21)22/h8,11-13,15,17,20H,5-7,9-10H2,1-4H3,(H,21,22)/t11-,12-,13+,15+,17-/m1/s1. The van der Waals surface area contributed by atoms with Gasteiger partial charge in [-0.25, -0.2) is 0 Å². The molecule has 0 saturated carbocycles. The van der Waals surface area contributed by atoms with Gasteiger partial charge in [0.1, 0.15) is 12.2 Å². The van der Waals surface area contributed by atoms with E-state index in [0.717, 1.165) is 24.8 Å². The van der Waals surface area contributed by atoms with Crippen molar-refractivity contribution in [2.45, 2.75) is 65.9 Å². The minimum atomic E-state index is -1.13. The number of aliphatic hydroxyl groups is 1. The Morgan fingerprint density at radius 2 is 1.82 bits per heavy atom. The second kappa shape index (κ2) is 8.47. The predicted molar refractivity (Wildman–Crippen MR) is 86.5 cm³/mol. The van der Waals surface area contributed by atoms with Crippen LogP contribution in [0.15, 0.2) is 11.6 Å².